The van der Waals surface area contributed by atoms with Crippen LogP contribution in [0, 0.1) is 6.92 Å². The van der Waals surface area contributed by atoms with E-state index in [1.807, 2.05) is 42.5 Å². The van der Waals surface area contributed by atoms with Crippen LogP contribution in [0.4, 0.5) is 0 Å². The number of ether oxygens (including phenoxy) is 1. The van der Waals surface area contributed by atoms with E-state index in [1.165, 1.54) is 0 Å². The zero-order valence-electron chi connectivity index (χ0n) is 14.2. The van der Waals surface area contributed by atoms with Crippen LogP contribution in [0.5, 0.6) is 5.75 Å². The number of aliphatic hydroxyl groups excluding tert-OH is 1. The summed E-state index contributed by atoms with van der Waals surface area (Å²) in [6.07, 6.45) is 0.539. The zero-order valence-corrected chi connectivity index (χ0v) is 14.2. The van der Waals surface area contributed by atoms with Crippen LogP contribution in [0.3, 0.4) is 0 Å². The van der Waals surface area contributed by atoms with Gasteiger partial charge in [0.25, 0.3) is 5.89 Å². The second-order valence-electron chi connectivity index (χ2n) is 5.78. The van der Waals surface area contributed by atoms with Crippen molar-refractivity contribution in [3.05, 3.63) is 59.7 Å². The summed E-state index contributed by atoms with van der Waals surface area (Å²) in [7, 11) is 0. The number of fused-ring (bicyclic) bond motifs is 1. The number of benzene rings is 2. The molecule has 8 nitrogen and oxygen atoms in total. The molecule has 0 fully saturated rings. The van der Waals surface area contributed by atoms with E-state index in [2.05, 4.69) is 20.3 Å². The molecule has 26 heavy (non-hydrogen) atoms. The minimum Gasteiger partial charge on any atom is -0.481 e. The molecule has 2 aromatic carbocycles. The van der Waals surface area contributed by atoms with Crippen molar-refractivity contribution < 1.29 is 14.4 Å². The van der Waals surface area contributed by atoms with E-state index in [-0.39, 0.29) is 13.2 Å². The molecule has 0 saturated carbocycles. The van der Waals surface area contributed by atoms with Gasteiger partial charge in [-0.2, -0.15) is 4.98 Å². The van der Waals surface area contributed by atoms with E-state index in [0.717, 1.165) is 16.6 Å². The average molecular weight is 351 g/mol. The lowest BCUT2D eigenvalue weighted by molar-refractivity contribution is 0.241. The molecular formula is C18H17N5O3. The van der Waals surface area contributed by atoms with Gasteiger partial charge in [-0.15, -0.1) is 15.0 Å². The van der Waals surface area contributed by atoms with E-state index in [1.54, 1.807) is 11.7 Å². The van der Waals surface area contributed by atoms with Gasteiger partial charge in [-0.3, -0.25) is 0 Å². The van der Waals surface area contributed by atoms with Crippen LogP contribution in [0.2, 0.25) is 0 Å². The highest BCUT2D eigenvalue weighted by molar-refractivity contribution is 5.73. The second-order valence-corrected chi connectivity index (χ2v) is 5.78. The van der Waals surface area contributed by atoms with Gasteiger partial charge in [0.05, 0.1) is 0 Å². The highest BCUT2D eigenvalue weighted by Crippen LogP contribution is 2.25. The van der Waals surface area contributed by atoms with Crippen molar-refractivity contribution in [3.8, 4) is 11.4 Å². The maximum atomic E-state index is 9.22. The first-order chi connectivity index (χ1) is 12.7. The largest absolute Gasteiger partial charge is 0.481 e. The van der Waals surface area contributed by atoms with Gasteiger partial charge in [0.1, 0.15) is 22.5 Å². The zero-order chi connectivity index (χ0) is 17.9. The Bertz CT molecular complexity index is 1010. The lowest BCUT2D eigenvalue weighted by Gasteiger charge is -2.11. The molecule has 0 unspecified atom stereocenters. The molecule has 0 aliphatic carbocycles. The first kappa shape index (κ1) is 16.2. The third-order valence-corrected chi connectivity index (χ3v) is 3.85. The molecule has 0 atom stereocenters. The molecule has 0 spiro atoms. The molecule has 0 aliphatic rings. The van der Waals surface area contributed by atoms with E-state index >= 15 is 0 Å². The second kappa shape index (κ2) is 6.93. The van der Waals surface area contributed by atoms with Gasteiger partial charge >= 0.3 is 0 Å². The van der Waals surface area contributed by atoms with Crippen LogP contribution in [-0.2, 0) is 13.0 Å². The molecule has 4 aromatic rings. The molecule has 2 aromatic heterocycles. The van der Waals surface area contributed by atoms with Crippen molar-refractivity contribution in [2.75, 3.05) is 6.61 Å². The van der Waals surface area contributed by atoms with Gasteiger partial charge in [0.2, 0.25) is 0 Å². The summed E-state index contributed by atoms with van der Waals surface area (Å²) >= 11 is 0. The standard InChI is InChI=1S/C18H17N5O3/c1-12-19-18(26-22-12)11-25-17-7-6-13(8-9-24)10-16(17)23-20-14-4-2-3-5-15(14)21-23/h2-7,10,24H,8-9,11H2,1H3. The monoisotopic (exact) mass is 351 g/mol. The molecule has 132 valence electrons. The quantitative estimate of drug-likeness (QED) is 0.568. The Balaban J connectivity index is 1.70. The lowest BCUT2D eigenvalue weighted by Crippen LogP contribution is -2.05. The maximum absolute atomic E-state index is 9.22. The Morgan fingerprint density at radius 1 is 1.12 bits per heavy atom. The first-order valence-corrected chi connectivity index (χ1v) is 8.21. The molecule has 0 saturated heterocycles. The first-order valence-electron chi connectivity index (χ1n) is 8.21. The number of hydrogen-bond acceptors (Lipinski definition) is 7. The normalized spacial score (nSPS) is 11.2. The highest BCUT2D eigenvalue weighted by Gasteiger charge is 2.13. The highest BCUT2D eigenvalue weighted by atomic mass is 16.5. The summed E-state index contributed by atoms with van der Waals surface area (Å²) in [6, 6.07) is 13.3. The number of nitrogens with zero attached hydrogens (tertiary/aromatic N) is 5. The molecule has 0 aliphatic heterocycles. The minimum absolute atomic E-state index is 0.0649. The van der Waals surface area contributed by atoms with Crippen molar-refractivity contribution in [2.24, 2.45) is 0 Å². The Hall–Kier alpha value is -3.26. The molecule has 4 rings (SSSR count). The SMILES string of the molecule is Cc1noc(COc2ccc(CCO)cc2-n2nc3ccccc3n2)n1. The third-order valence-electron chi connectivity index (χ3n) is 3.85. The van der Waals surface area contributed by atoms with Crippen LogP contribution in [-0.4, -0.2) is 36.8 Å². The molecule has 0 radical (unpaired) electrons. The fourth-order valence-electron chi connectivity index (χ4n) is 2.63. The molecule has 2 heterocycles. The number of aromatic nitrogens is 5. The van der Waals surface area contributed by atoms with Crippen LogP contribution < -0.4 is 4.74 Å². The van der Waals surface area contributed by atoms with Gasteiger partial charge in [-0.1, -0.05) is 23.4 Å². The molecule has 1 N–H and O–H groups in total. The number of rotatable bonds is 6. The summed E-state index contributed by atoms with van der Waals surface area (Å²) < 4.78 is 10.9. The van der Waals surface area contributed by atoms with Gasteiger partial charge < -0.3 is 14.4 Å². The fourth-order valence-corrected chi connectivity index (χ4v) is 2.63. The molecule has 8 heteroatoms. The van der Waals surface area contributed by atoms with Gasteiger partial charge in [0, 0.05) is 6.61 Å². The van der Waals surface area contributed by atoms with Crippen molar-refractivity contribution >= 4 is 11.0 Å². The molecular weight excluding hydrogens is 334 g/mol. The van der Waals surface area contributed by atoms with Crippen LogP contribution in [0.25, 0.3) is 16.7 Å². The van der Waals surface area contributed by atoms with E-state index in [9.17, 15) is 5.11 Å². The lowest BCUT2D eigenvalue weighted by atomic mass is 10.1. The van der Waals surface area contributed by atoms with Gasteiger partial charge in [0.15, 0.2) is 12.4 Å². The minimum atomic E-state index is 0.0649. The average Bonchev–Trinajstić information content (AvgIpc) is 3.26. The smallest absolute Gasteiger partial charge is 0.264 e. The Labute approximate surface area is 149 Å². The van der Waals surface area contributed by atoms with Crippen molar-refractivity contribution in [1.29, 1.82) is 0 Å². The van der Waals surface area contributed by atoms with Crippen LogP contribution in [0.1, 0.15) is 17.3 Å². The maximum Gasteiger partial charge on any atom is 0.264 e. The molecule has 0 amide bonds. The number of hydrogen-bond donors (Lipinski definition) is 1. The Kier molecular flexibility index (Phi) is 4.32. The summed E-state index contributed by atoms with van der Waals surface area (Å²) in [5, 5.41) is 22.0. The van der Waals surface area contributed by atoms with Gasteiger partial charge in [-0.05, 0) is 43.2 Å². The van der Waals surface area contributed by atoms with Crippen molar-refractivity contribution in [3.63, 3.8) is 0 Å². The number of aryl methyl sites for hydroxylation is 1. The predicted octanol–water partition coefficient (Wildman–Crippen LogP) is 2.23. The summed E-state index contributed by atoms with van der Waals surface area (Å²) in [5.41, 5.74) is 3.23. The topological polar surface area (TPSA) is 99.1 Å². The number of aliphatic hydroxyl groups is 1. The van der Waals surface area contributed by atoms with E-state index < -0.39 is 0 Å². The molecule has 0 bridgehead atoms. The van der Waals surface area contributed by atoms with E-state index in [4.69, 9.17) is 9.26 Å². The predicted molar refractivity (Wildman–Crippen MR) is 93.0 cm³/mol. The van der Waals surface area contributed by atoms with Crippen LogP contribution >= 0.6 is 0 Å². The van der Waals surface area contributed by atoms with Crippen LogP contribution in [0.15, 0.2) is 47.0 Å². The third kappa shape index (κ3) is 3.27. The van der Waals surface area contributed by atoms with Crippen molar-refractivity contribution in [1.82, 2.24) is 25.1 Å². The van der Waals surface area contributed by atoms with Crippen molar-refractivity contribution in [2.45, 2.75) is 20.0 Å². The summed E-state index contributed by atoms with van der Waals surface area (Å²) in [6.45, 7) is 1.96. The fraction of sp³-hybridized carbons (Fsp3) is 0.222. The Morgan fingerprint density at radius 2 is 1.88 bits per heavy atom. The summed E-state index contributed by atoms with van der Waals surface area (Å²) in [4.78, 5) is 5.68. The van der Waals surface area contributed by atoms with E-state index in [0.29, 0.717) is 29.6 Å². The summed E-state index contributed by atoms with van der Waals surface area (Å²) in [5.74, 6) is 1.54. The van der Waals surface area contributed by atoms with Gasteiger partial charge in [-0.25, -0.2) is 0 Å². The Morgan fingerprint density at radius 3 is 2.54 bits per heavy atom.